The first kappa shape index (κ1) is 24.3. The van der Waals surface area contributed by atoms with Crippen LogP contribution < -0.4 is 17.7 Å². The first-order valence-corrected chi connectivity index (χ1v) is 11.9. The number of hydrogen-bond donors (Lipinski definition) is 5. The quantitative estimate of drug-likeness (QED) is 0.339. The SMILES string of the molecule is N.N.O=C1C=CC(O)(c2cc(=O)c3c(O)cc(O)cc3o2)C=C1.[Cl][Pt][Cl]. The summed E-state index contributed by atoms with van der Waals surface area (Å²) in [5.41, 5.74) is -2.37. The molecule has 8 nitrogen and oxygen atoms in total. The molecule has 0 unspecified atom stereocenters. The molecule has 0 spiro atoms. The molecule has 1 aliphatic rings. The van der Waals surface area contributed by atoms with Gasteiger partial charge in [-0.05, 0) is 24.3 Å². The van der Waals surface area contributed by atoms with Gasteiger partial charge >= 0.3 is 35.3 Å². The molecule has 11 heteroatoms. The molecule has 1 heterocycles. The molecule has 0 saturated carbocycles. The molecule has 0 bridgehead atoms. The van der Waals surface area contributed by atoms with Gasteiger partial charge in [-0.15, -0.1) is 0 Å². The minimum absolute atomic E-state index is 0. The van der Waals surface area contributed by atoms with Crippen molar-refractivity contribution in [3.8, 4) is 11.5 Å². The number of rotatable bonds is 1. The zero-order valence-corrected chi connectivity index (χ0v) is 16.9. The van der Waals surface area contributed by atoms with Crippen LogP contribution in [0.3, 0.4) is 0 Å². The molecule has 0 saturated heterocycles. The third-order valence-corrected chi connectivity index (χ3v) is 3.19. The molecule has 1 aromatic heterocycles. The van der Waals surface area contributed by atoms with Crippen molar-refractivity contribution in [1.29, 1.82) is 0 Å². The molecule has 1 aliphatic carbocycles. The Balaban J connectivity index is 0.00000117. The van der Waals surface area contributed by atoms with Gasteiger partial charge in [0.2, 0.25) is 0 Å². The minimum atomic E-state index is -1.73. The molecule has 26 heavy (non-hydrogen) atoms. The molecule has 2 aromatic rings. The number of aromatic hydroxyl groups is 2. The van der Waals surface area contributed by atoms with Crippen molar-refractivity contribution in [3.63, 3.8) is 0 Å². The van der Waals surface area contributed by atoms with Gasteiger partial charge in [0, 0.05) is 18.2 Å². The zero-order chi connectivity index (χ0) is 17.9. The van der Waals surface area contributed by atoms with Crippen molar-refractivity contribution in [2.75, 3.05) is 0 Å². The summed E-state index contributed by atoms with van der Waals surface area (Å²) in [5.74, 6) is -1.11. The molecule has 3 rings (SSSR count). The fourth-order valence-electron chi connectivity index (χ4n) is 2.15. The molecule has 146 valence electrons. The second-order valence-electron chi connectivity index (χ2n) is 4.75. The molecule has 1 aromatic carbocycles. The van der Waals surface area contributed by atoms with Gasteiger partial charge in [0.15, 0.2) is 16.8 Å². The van der Waals surface area contributed by atoms with Crippen LogP contribution in [0.5, 0.6) is 11.5 Å². The molecule has 0 amide bonds. The summed E-state index contributed by atoms with van der Waals surface area (Å²) in [4.78, 5) is 23.2. The van der Waals surface area contributed by atoms with Gasteiger partial charge in [-0.3, -0.25) is 9.59 Å². The van der Waals surface area contributed by atoms with Crippen molar-refractivity contribution in [2.45, 2.75) is 5.60 Å². The first-order chi connectivity index (χ1) is 11.3. The van der Waals surface area contributed by atoms with E-state index in [2.05, 4.69) is 0 Å². The predicted octanol–water partition coefficient (Wildman–Crippen LogP) is 2.79. The van der Waals surface area contributed by atoms with Crippen LogP contribution in [0.1, 0.15) is 5.76 Å². The second-order valence-corrected chi connectivity index (χ2v) is 8.04. The summed E-state index contributed by atoms with van der Waals surface area (Å²) in [5, 5.41) is 29.4. The van der Waals surface area contributed by atoms with E-state index in [0.717, 1.165) is 30.4 Å². The maximum absolute atomic E-state index is 12.1. The molecule has 9 N–H and O–H groups in total. The van der Waals surface area contributed by atoms with Crippen LogP contribution >= 0.6 is 18.8 Å². The van der Waals surface area contributed by atoms with E-state index in [1.807, 2.05) is 0 Å². The van der Waals surface area contributed by atoms with Crippen molar-refractivity contribution in [1.82, 2.24) is 12.3 Å². The molecular weight excluding hydrogens is 570 g/mol. The van der Waals surface area contributed by atoms with E-state index < -0.39 is 33.3 Å². The number of ketones is 1. The van der Waals surface area contributed by atoms with Crippen LogP contribution in [0.4, 0.5) is 0 Å². The monoisotopic (exact) mass is 585 g/mol. The Morgan fingerprint density at radius 3 is 2.08 bits per heavy atom. The summed E-state index contributed by atoms with van der Waals surface area (Å²) >= 11 is -0.472. The number of benzene rings is 1. The average Bonchev–Trinajstić information content (AvgIpc) is 2.50. The Bertz CT molecular complexity index is 897. The van der Waals surface area contributed by atoms with E-state index in [1.165, 1.54) is 12.2 Å². The average molecular weight is 586 g/mol. The molecule has 0 fully saturated rings. The number of carbonyl (C=O) groups is 1. The number of phenols is 2. The van der Waals surface area contributed by atoms with E-state index in [0.29, 0.717) is 0 Å². The van der Waals surface area contributed by atoms with Crippen LogP contribution in [0, 0.1) is 0 Å². The van der Waals surface area contributed by atoms with E-state index in [9.17, 15) is 24.9 Å². The number of hydrogen-bond acceptors (Lipinski definition) is 8. The fourth-order valence-corrected chi connectivity index (χ4v) is 2.15. The standard InChI is InChI=1S/C15H10O6.2ClH.2H3N.Pt/c16-8-1-3-15(20,4-2-8)13-7-11(19)14-10(18)5-9(17)6-12(14)21-13;;;;;/h1-7,17-18,20H;2*1H;2*1H3;/q;;;;;+2/p-2. The number of fused-ring (bicyclic) bond motifs is 1. The van der Waals surface area contributed by atoms with Crippen molar-refractivity contribution in [3.05, 3.63) is 58.5 Å². The third kappa shape index (κ3) is 5.17. The number of phenolic OH excluding ortho intramolecular Hbond substituents is 2. The fraction of sp³-hybridized carbons (Fsp3) is 0.0667. The Morgan fingerprint density at radius 2 is 1.54 bits per heavy atom. The maximum atomic E-state index is 12.1. The van der Waals surface area contributed by atoms with E-state index in [4.69, 9.17) is 23.3 Å². The van der Waals surface area contributed by atoms with E-state index in [1.54, 1.807) is 0 Å². The van der Waals surface area contributed by atoms with Crippen molar-refractivity contribution in [2.24, 2.45) is 0 Å². The van der Waals surface area contributed by atoms with Crippen molar-refractivity contribution >= 4 is 35.6 Å². The molecule has 0 aliphatic heterocycles. The first-order valence-electron chi connectivity index (χ1n) is 6.28. The number of carbonyl (C=O) groups excluding carboxylic acids is 1. The summed E-state index contributed by atoms with van der Waals surface area (Å²) in [7, 11) is 9.75. The number of halogens is 2. The molecule has 0 atom stereocenters. The Labute approximate surface area is 164 Å². The third-order valence-electron chi connectivity index (χ3n) is 3.19. The predicted molar refractivity (Wildman–Crippen MR) is 94.7 cm³/mol. The van der Waals surface area contributed by atoms with Gasteiger partial charge in [0.25, 0.3) is 0 Å². The van der Waals surface area contributed by atoms with Crippen molar-refractivity contribution < 1.29 is 41.0 Å². The zero-order valence-electron chi connectivity index (χ0n) is 13.1. The Morgan fingerprint density at radius 1 is 1.00 bits per heavy atom. The van der Waals surface area contributed by atoms with Gasteiger partial charge in [-0.25, -0.2) is 0 Å². The second kappa shape index (κ2) is 9.87. The van der Waals surface area contributed by atoms with E-state index >= 15 is 0 Å². The van der Waals surface area contributed by atoms with Gasteiger partial charge in [0.1, 0.15) is 28.2 Å². The van der Waals surface area contributed by atoms with Crippen LogP contribution in [-0.4, -0.2) is 21.1 Å². The summed E-state index contributed by atoms with van der Waals surface area (Å²) in [6, 6.07) is 3.21. The van der Waals surface area contributed by atoms with Gasteiger partial charge < -0.3 is 32.0 Å². The summed E-state index contributed by atoms with van der Waals surface area (Å²) in [6.07, 6.45) is 4.71. The van der Waals surface area contributed by atoms with E-state index in [-0.39, 0.29) is 40.6 Å². The normalized spacial score (nSPS) is 14.2. The van der Waals surface area contributed by atoms with Crippen LogP contribution in [0.2, 0.25) is 0 Å². The molecule has 0 radical (unpaired) electrons. The van der Waals surface area contributed by atoms with Crippen LogP contribution in [-0.2, 0) is 26.9 Å². The van der Waals surface area contributed by atoms with Gasteiger partial charge in [0.05, 0.1) is 0 Å². The topological polar surface area (TPSA) is 178 Å². The van der Waals surface area contributed by atoms with Gasteiger partial charge in [-0.1, -0.05) is 0 Å². The van der Waals surface area contributed by atoms with Crippen LogP contribution in [0.25, 0.3) is 11.0 Å². The van der Waals surface area contributed by atoms with Gasteiger partial charge in [-0.2, -0.15) is 0 Å². The Kier molecular flexibility index (Phi) is 9.23. The number of allylic oxidation sites excluding steroid dienone is 2. The number of aliphatic hydroxyl groups is 1. The summed E-state index contributed by atoms with van der Waals surface area (Å²) in [6.45, 7) is 0. The molecular formula is C15H16Cl2N2O6Pt. The Hall–Kier alpha value is -1.67. The van der Waals surface area contributed by atoms with Crippen LogP contribution in [0.15, 0.2) is 51.7 Å². The summed E-state index contributed by atoms with van der Waals surface area (Å²) < 4.78 is 5.40.